The number of nitro groups is 1. The van der Waals surface area contributed by atoms with Crippen LogP contribution in [-0.2, 0) is 22.9 Å². The van der Waals surface area contributed by atoms with Crippen molar-refractivity contribution in [3.8, 4) is 0 Å². The van der Waals surface area contributed by atoms with E-state index in [1.54, 1.807) is 42.2 Å². The minimum Gasteiger partial charge on any atom is -0.379 e. The average molecular weight is 563 g/mol. The molecule has 0 aliphatic heterocycles. The van der Waals surface area contributed by atoms with Crippen molar-refractivity contribution in [2.24, 2.45) is 0 Å². The Kier molecular flexibility index (Phi) is 9.29. The normalized spacial score (nSPS) is 11.1. The van der Waals surface area contributed by atoms with Gasteiger partial charge < -0.3 is 5.32 Å². The Morgan fingerprint density at radius 3 is 2.36 bits per heavy atom. The lowest BCUT2D eigenvalue weighted by molar-refractivity contribution is -0.384. The summed E-state index contributed by atoms with van der Waals surface area (Å²) in [5.74, 6) is -0.173. The molecule has 0 bridgehead atoms. The van der Waals surface area contributed by atoms with Crippen molar-refractivity contribution in [3.63, 3.8) is 0 Å². The molecule has 0 spiro atoms. The molecule has 4 aromatic rings. The molecule has 11 heteroatoms. The summed E-state index contributed by atoms with van der Waals surface area (Å²) in [7, 11) is -4.34. The number of carbonyl (C=O) groups is 1. The molecule has 200 valence electrons. The molecule has 0 saturated heterocycles. The fourth-order valence-corrected chi connectivity index (χ4v) is 5.51. The Balaban J connectivity index is 1.37. The summed E-state index contributed by atoms with van der Waals surface area (Å²) in [4.78, 5) is 28.6. The maximum absolute atomic E-state index is 12.9. The van der Waals surface area contributed by atoms with E-state index < -0.39 is 26.5 Å². The highest BCUT2D eigenvalue weighted by molar-refractivity contribution is 7.99. The minimum absolute atomic E-state index is 0.156. The van der Waals surface area contributed by atoms with Crippen LogP contribution in [0.15, 0.2) is 107 Å². The van der Waals surface area contributed by atoms with Crippen LogP contribution in [0.4, 0.5) is 11.4 Å². The second kappa shape index (κ2) is 13.0. The zero-order valence-corrected chi connectivity index (χ0v) is 22.5. The van der Waals surface area contributed by atoms with Gasteiger partial charge in [-0.15, -0.1) is 11.8 Å². The van der Waals surface area contributed by atoms with Crippen LogP contribution in [-0.4, -0.2) is 36.5 Å². The molecule has 3 aromatic carbocycles. The van der Waals surface area contributed by atoms with Crippen LogP contribution in [0, 0.1) is 10.1 Å². The zero-order chi connectivity index (χ0) is 27.7. The standard InChI is InChI=1S/C28H26N4O5S2/c33-28(22-12-9-21(10-13-22)11-14-23-6-4-5-17-29-23)31-39(36,37)25-15-16-26(27(20-25)32(34)35)30-18-19-38-24-7-2-1-3-8-24/h1-10,12-13,15-17,20,30H,11,14,18-19H2,(H,31,33). The van der Waals surface area contributed by atoms with Gasteiger partial charge in [0.25, 0.3) is 21.6 Å². The summed E-state index contributed by atoms with van der Waals surface area (Å²) in [5.41, 5.74) is 1.88. The number of hydrogen-bond donors (Lipinski definition) is 2. The molecule has 1 heterocycles. The number of amides is 1. The number of nitrogens with one attached hydrogen (secondary N) is 2. The molecule has 0 aliphatic rings. The first kappa shape index (κ1) is 27.8. The number of nitrogens with zero attached hydrogens (tertiary/aromatic N) is 2. The van der Waals surface area contributed by atoms with Gasteiger partial charge in [0.1, 0.15) is 5.69 Å². The van der Waals surface area contributed by atoms with Gasteiger partial charge in [0.15, 0.2) is 0 Å². The molecule has 0 aliphatic carbocycles. The van der Waals surface area contributed by atoms with Gasteiger partial charge in [-0.2, -0.15) is 0 Å². The SMILES string of the molecule is O=C(NS(=O)(=O)c1ccc(NCCSc2ccccc2)c([N+](=O)[O-])c1)c1ccc(CCc2ccccn2)cc1. The molecule has 2 N–H and O–H groups in total. The third-order valence-corrected chi connectivity index (χ3v) is 8.09. The lowest BCUT2D eigenvalue weighted by Crippen LogP contribution is -2.30. The molecule has 0 radical (unpaired) electrons. The quantitative estimate of drug-likeness (QED) is 0.106. The van der Waals surface area contributed by atoms with E-state index in [-0.39, 0.29) is 16.1 Å². The van der Waals surface area contributed by atoms with Crippen LogP contribution < -0.4 is 10.0 Å². The number of rotatable bonds is 12. The molecule has 4 rings (SSSR count). The first-order valence-corrected chi connectivity index (χ1v) is 14.5. The number of benzene rings is 3. The van der Waals surface area contributed by atoms with Crippen LogP contribution in [0.3, 0.4) is 0 Å². The van der Waals surface area contributed by atoms with E-state index in [9.17, 15) is 23.3 Å². The summed E-state index contributed by atoms with van der Waals surface area (Å²) in [6.45, 7) is 0.432. The Morgan fingerprint density at radius 1 is 0.923 bits per heavy atom. The van der Waals surface area contributed by atoms with Crippen molar-refractivity contribution >= 4 is 39.1 Å². The number of carbonyl (C=O) groups excluding carboxylic acids is 1. The number of hydrogen-bond acceptors (Lipinski definition) is 8. The Bertz CT molecular complexity index is 1530. The number of sulfonamides is 1. The van der Waals surface area contributed by atoms with Gasteiger partial charge in [-0.05, 0) is 66.9 Å². The molecule has 9 nitrogen and oxygen atoms in total. The predicted octanol–water partition coefficient (Wildman–Crippen LogP) is 5.10. The van der Waals surface area contributed by atoms with Crippen molar-refractivity contribution in [2.45, 2.75) is 22.6 Å². The summed E-state index contributed by atoms with van der Waals surface area (Å²) < 4.78 is 27.7. The minimum atomic E-state index is -4.34. The van der Waals surface area contributed by atoms with Crippen LogP contribution in [0.2, 0.25) is 0 Å². The van der Waals surface area contributed by atoms with Gasteiger partial charge >= 0.3 is 0 Å². The maximum atomic E-state index is 12.9. The number of aryl methyl sites for hydroxylation is 2. The van der Waals surface area contributed by atoms with E-state index in [1.165, 1.54) is 12.1 Å². The Morgan fingerprint density at radius 2 is 1.67 bits per heavy atom. The third-order valence-electron chi connectivity index (χ3n) is 5.74. The van der Waals surface area contributed by atoms with Gasteiger partial charge in [-0.1, -0.05) is 36.4 Å². The highest BCUT2D eigenvalue weighted by atomic mass is 32.2. The fourth-order valence-electron chi connectivity index (χ4n) is 3.73. The highest BCUT2D eigenvalue weighted by Gasteiger charge is 2.23. The molecule has 0 fully saturated rings. The van der Waals surface area contributed by atoms with Crippen molar-refractivity contribution in [1.29, 1.82) is 0 Å². The van der Waals surface area contributed by atoms with Crippen LogP contribution in [0.25, 0.3) is 0 Å². The molecule has 0 unspecified atom stereocenters. The molecule has 0 atom stereocenters. The second-order valence-electron chi connectivity index (χ2n) is 8.48. The summed E-state index contributed by atoms with van der Waals surface area (Å²) >= 11 is 1.59. The van der Waals surface area contributed by atoms with Crippen molar-refractivity contribution in [3.05, 3.63) is 124 Å². The van der Waals surface area contributed by atoms with Gasteiger partial charge in [0, 0.05) is 40.7 Å². The van der Waals surface area contributed by atoms with Crippen LogP contribution in [0.1, 0.15) is 21.6 Å². The first-order chi connectivity index (χ1) is 18.8. The van der Waals surface area contributed by atoms with Crippen LogP contribution >= 0.6 is 11.8 Å². The third kappa shape index (κ3) is 7.88. The molecular weight excluding hydrogens is 536 g/mol. The lowest BCUT2D eigenvalue weighted by Gasteiger charge is -2.11. The molecule has 1 amide bonds. The van der Waals surface area contributed by atoms with E-state index in [4.69, 9.17) is 0 Å². The zero-order valence-electron chi connectivity index (χ0n) is 20.8. The topological polar surface area (TPSA) is 131 Å². The average Bonchev–Trinajstić information content (AvgIpc) is 2.95. The highest BCUT2D eigenvalue weighted by Crippen LogP contribution is 2.28. The Labute approximate surface area is 230 Å². The van der Waals surface area contributed by atoms with E-state index in [1.807, 2.05) is 53.3 Å². The largest absolute Gasteiger partial charge is 0.379 e. The van der Waals surface area contributed by atoms with E-state index in [0.29, 0.717) is 18.7 Å². The number of nitro benzene ring substituents is 1. The lowest BCUT2D eigenvalue weighted by atomic mass is 10.1. The summed E-state index contributed by atoms with van der Waals surface area (Å²) in [5, 5.41) is 14.6. The Hall–Kier alpha value is -4.22. The number of pyridine rings is 1. The van der Waals surface area contributed by atoms with Crippen molar-refractivity contribution in [2.75, 3.05) is 17.6 Å². The molecular formula is C28H26N4O5S2. The van der Waals surface area contributed by atoms with Crippen molar-refractivity contribution < 1.29 is 18.1 Å². The number of thioether (sulfide) groups is 1. The summed E-state index contributed by atoms with van der Waals surface area (Å²) in [6, 6.07) is 25.5. The van der Waals surface area contributed by atoms with E-state index in [0.717, 1.165) is 28.6 Å². The molecule has 1 aromatic heterocycles. The first-order valence-electron chi connectivity index (χ1n) is 12.1. The van der Waals surface area contributed by atoms with E-state index in [2.05, 4.69) is 10.3 Å². The second-order valence-corrected chi connectivity index (χ2v) is 11.3. The van der Waals surface area contributed by atoms with Gasteiger partial charge in [-0.3, -0.25) is 19.9 Å². The van der Waals surface area contributed by atoms with Crippen molar-refractivity contribution in [1.82, 2.24) is 9.71 Å². The van der Waals surface area contributed by atoms with Gasteiger partial charge in [0.05, 0.1) is 9.82 Å². The van der Waals surface area contributed by atoms with Gasteiger partial charge in [-0.25, -0.2) is 13.1 Å². The molecule has 0 saturated carbocycles. The maximum Gasteiger partial charge on any atom is 0.293 e. The summed E-state index contributed by atoms with van der Waals surface area (Å²) in [6.07, 6.45) is 3.18. The number of anilines is 1. The fraction of sp³-hybridized carbons (Fsp3) is 0.143. The number of aromatic nitrogens is 1. The monoisotopic (exact) mass is 562 g/mol. The smallest absolute Gasteiger partial charge is 0.293 e. The van der Waals surface area contributed by atoms with E-state index >= 15 is 0 Å². The molecule has 39 heavy (non-hydrogen) atoms. The van der Waals surface area contributed by atoms with Crippen LogP contribution in [0.5, 0.6) is 0 Å². The van der Waals surface area contributed by atoms with Gasteiger partial charge in [0.2, 0.25) is 0 Å². The predicted molar refractivity (Wildman–Crippen MR) is 151 cm³/mol.